The number of rotatable bonds is 3. The second-order valence-electron chi connectivity index (χ2n) is 2.02. The van der Waals surface area contributed by atoms with Gasteiger partial charge >= 0.3 is 12.1 Å². The highest BCUT2D eigenvalue weighted by molar-refractivity contribution is 5.67. The molecule has 0 aromatic carbocycles. The second-order valence-corrected chi connectivity index (χ2v) is 2.02. The van der Waals surface area contributed by atoms with Gasteiger partial charge < -0.3 is 10.2 Å². The SMILES string of the molecule is O=C(O)CC(CO)C(F)(F)F. The van der Waals surface area contributed by atoms with E-state index in [0.29, 0.717) is 0 Å². The monoisotopic (exact) mass is 172 g/mol. The van der Waals surface area contributed by atoms with Crippen molar-refractivity contribution in [3.63, 3.8) is 0 Å². The summed E-state index contributed by atoms with van der Waals surface area (Å²) in [6.45, 7) is -1.18. The third-order valence-electron chi connectivity index (χ3n) is 1.10. The molecule has 0 aliphatic carbocycles. The molecule has 0 heterocycles. The van der Waals surface area contributed by atoms with Gasteiger partial charge in [0.2, 0.25) is 0 Å². The summed E-state index contributed by atoms with van der Waals surface area (Å²) in [6, 6.07) is 0. The first kappa shape index (κ1) is 10.2. The number of hydrogen-bond acceptors (Lipinski definition) is 2. The van der Waals surface area contributed by atoms with Gasteiger partial charge in [0.05, 0.1) is 18.9 Å². The summed E-state index contributed by atoms with van der Waals surface area (Å²) < 4.78 is 35.0. The van der Waals surface area contributed by atoms with Crippen molar-refractivity contribution >= 4 is 5.97 Å². The zero-order chi connectivity index (χ0) is 9.07. The molecule has 0 rings (SSSR count). The maximum Gasteiger partial charge on any atom is 0.394 e. The summed E-state index contributed by atoms with van der Waals surface area (Å²) in [5.41, 5.74) is 0. The van der Waals surface area contributed by atoms with Crippen LogP contribution in [0.2, 0.25) is 0 Å². The van der Waals surface area contributed by atoms with Crippen molar-refractivity contribution in [3.05, 3.63) is 0 Å². The summed E-state index contributed by atoms with van der Waals surface area (Å²) in [7, 11) is 0. The van der Waals surface area contributed by atoms with Gasteiger partial charge in [-0.3, -0.25) is 4.79 Å². The third kappa shape index (κ3) is 3.82. The molecule has 0 radical (unpaired) electrons. The van der Waals surface area contributed by atoms with E-state index in [-0.39, 0.29) is 0 Å². The summed E-state index contributed by atoms with van der Waals surface area (Å²) in [4.78, 5) is 9.80. The van der Waals surface area contributed by atoms with Gasteiger partial charge in [-0.05, 0) is 0 Å². The third-order valence-corrected chi connectivity index (χ3v) is 1.10. The number of carboxylic acids is 1. The average molecular weight is 172 g/mol. The maximum absolute atomic E-state index is 11.7. The van der Waals surface area contributed by atoms with E-state index in [2.05, 4.69) is 0 Å². The minimum atomic E-state index is -4.63. The van der Waals surface area contributed by atoms with Gasteiger partial charge in [0.15, 0.2) is 0 Å². The lowest BCUT2D eigenvalue weighted by Crippen LogP contribution is -2.28. The zero-order valence-electron chi connectivity index (χ0n) is 5.43. The number of aliphatic hydroxyl groups is 1. The fourth-order valence-electron chi connectivity index (χ4n) is 0.495. The van der Waals surface area contributed by atoms with Crippen LogP contribution in [0, 0.1) is 5.92 Å². The van der Waals surface area contributed by atoms with Crippen LogP contribution in [0.5, 0.6) is 0 Å². The molecule has 66 valence electrons. The van der Waals surface area contributed by atoms with Crippen LogP contribution >= 0.6 is 0 Å². The number of alkyl halides is 3. The van der Waals surface area contributed by atoms with Crippen molar-refractivity contribution in [2.45, 2.75) is 12.6 Å². The Kier molecular flexibility index (Phi) is 3.31. The van der Waals surface area contributed by atoms with Crippen LogP contribution < -0.4 is 0 Å². The Hall–Kier alpha value is -0.780. The van der Waals surface area contributed by atoms with E-state index in [1.54, 1.807) is 0 Å². The number of carboxylic acid groups (broad SMARTS) is 1. The van der Waals surface area contributed by atoms with Gasteiger partial charge in [0.25, 0.3) is 0 Å². The first-order valence-corrected chi connectivity index (χ1v) is 2.77. The van der Waals surface area contributed by atoms with Gasteiger partial charge in [0.1, 0.15) is 0 Å². The highest BCUT2D eigenvalue weighted by atomic mass is 19.4. The second kappa shape index (κ2) is 3.56. The average Bonchev–Trinajstić information content (AvgIpc) is 1.79. The van der Waals surface area contributed by atoms with Gasteiger partial charge in [-0.25, -0.2) is 0 Å². The van der Waals surface area contributed by atoms with Crippen LogP contribution in [0.4, 0.5) is 13.2 Å². The van der Waals surface area contributed by atoms with Crippen molar-refractivity contribution < 1.29 is 28.2 Å². The lowest BCUT2D eigenvalue weighted by molar-refractivity contribution is -0.190. The molecule has 0 aromatic heterocycles. The molecule has 0 saturated heterocycles. The normalized spacial score (nSPS) is 14.5. The van der Waals surface area contributed by atoms with Gasteiger partial charge in [-0.1, -0.05) is 0 Å². The Bertz CT molecular complexity index is 142. The Labute approximate surface area is 60.4 Å². The lowest BCUT2D eigenvalue weighted by atomic mass is 10.1. The van der Waals surface area contributed by atoms with E-state index >= 15 is 0 Å². The molecule has 1 unspecified atom stereocenters. The largest absolute Gasteiger partial charge is 0.481 e. The molecule has 0 saturated carbocycles. The molecule has 6 heteroatoms. The molecular weight excluding hydrogens is 165 g/mol. The zero-order valence-corrected chi connectivity index (χ0v) is 5.43. The van der Waals surface area contributed by atoms with E-state index in [9.17, 15) is 18.0 Å². The number of aliphatic carboxylic acids is 1. The van der Waals surface area contributed by atoms with Crippen LogP contribution in [0.1, 0.15) is 6.42 Å². The predicted molar refractivity (Wildman–Crippen MR) is 28.9 cm³/mol. The van der Waals surface area contributed by atoms with Gasteiger partial charge in [0, 0.05) is 0 Å². The predicted octanol–water partition coefficient (Wildman–Crippen LogP) is 0.632. The van der Waals surface area contributed by atoms with Crippen LogP contribution in [0.3, 0.4) is 0 Å². The molecule has 0 amide bonds. The minimum Gasteiger partial charge on any atom is -0.481 e. The molecule has 0 bridgehead atoms. The number of halogens is 3. The van der Waals surface area contributed by atoms with Crippen molar-refractivity contribution in [3.8, 4) is 0 Å². The molecule has 0 aromatic rings. The molecular formula is C5H7F3O3. The fourth-order valence-corrected chi connectivity index (χ4v) is 0.495. The molecule has 3 nitrogen and oxygen atoms in total. The van der Waals surface area contributed by atoms with Crippen molar-refractivity contribution in [1.82, 2.24) is 0 Å². The van der Waals surface area contributed by atoms with Gasteiger partial charge in [-0.15, -0.1) is 0 Å². The number of carbonyl (C=O) groups is 1. The van der Waals surface area contributed by atoms with Crippen molar-refractivity contribution in [2.24, 2.45) is 5.92 Å². The molecule has 0 spiro atoms. The summed E-state index contributed by atoms with van der Waals surface area (Å²) in [5, 5.41) is 16.1. The van der Waals surface area contributed by atoms with Gasteiger partial charge in [-0.2, -0.15) is 13.2 Å². The van der Waals surface area contributed by atoms with Crippen molar-refractivity contribution in [2.75, 3.05) is 6.61 Å². The standard InChI is InChI=1S/C5H7F3O3/c6-5(7,8)3(2-9)1-4(10)11/h3,9H,1-2H2,(H,10,11). The topological polar surface area (TPSA) is 57.5 Å². The number of aliphatic hydroxyl groups excluding tert-OH is 1. The first-order chi connectivity index (χ1) is 4.88. The first-order valence-electron chi connectivity index (χ1n) is 2.77. The Morgan fingerprint density at radius 2 is 1.91 bits per heavy atom. The van der Waals surface area contributed by atoms with Crippen LogP contribution in [0.25, 0.3) is 0 Å². The van der Waals surface area contributed by atoms with Crippen LogP contribution in [0.15, 0.2) is 0 Å². The molecule has 0 fully saturated rings. The highest BCUT2D eigenvalue weighted by Crippen LogP contribution is 2.28. The molecule has 11 heavy (non-hydrogen) atoms. The quantitative estimate of drug-likeness (QED) is 0.656. The van der Waals surface area contributed by atoms with Crippen LogP contribution in [-0.2, 0) is 4.79 Å². The van der Waals surface area contributed by atoms with E-state index in [0.717, 1.165) is 0 Å². The summed E-state index contributed by atoms with van der Waals surface area (Å²) in [5.74, 6) is -3.72. The smallest absolute Gasteiger partial charge is 0.394 e. The minimum absolute atomic E-state index is 1.08. The molecule has 0 aliphatic heterocycles. The fraction of sp³-hybridized carbons (Fsp3) is 0.800. The molecule has 1 atom stereocenters. The molecule has 2 N–H and O–H groups in total. The highest BCUT2D eigenvalue weighted by Gasteiger charge is 2.40. The Balaban J connectivity index is 4.07. The number of hydrogen-bond donors (Lipinski definition) is 2. The van der Waals surface area contributed by atoms with E-state index in [1.165, 1.54) is 0 Å². The summed E-state index contributed by atoms with van der Waals surface area (Å²) >= 11 is 0. The van der Waals surface area contributed by atoms with E-state index in [4.69, 9.17) is 10.2 Å². The van der Waals surface area contributed by atoms with E-state index in [1.807, 2.05) is 0 Å². The summed E-state index contributed by atoms with van der Waals surface area (Å²) in [6.07, 6.45) is -5.72. The lowest BCUT2D eigenvalue weighted by Gasteiger charge is -2.14. The molecule has 0 aliphatic rings. The maximum atomic E-state index is 11.7. The Morgan fingerprint density at radius 1 is 1.45 bits per heavy atom. The Morgan fingerprint density at radius 3 is 2.00 bits per heavy atom. The van der Waals surface area contributed by atoms with E-state index < -0.39 is 31.1 Å². The van der Waals surface area contributed by atoms with Crippen LogP contribution in [-0.4, -0.2) is 29.0 Å². The van der Waals surface area contributed by atoms with Crippen molar-refractivity contribution in [1.29, 1.82) is 0 Å².